The SMILES string of the molecule is C[C@H](NC(=O)OCc1ccccc1)C(=O)N[C@@H](CC(=O)O)C(=O)CBr. The van der Waals surface area contributed by atoms with Crippen LogP contribution >= 0.6 is 15.9 Å². The summed E-state index contributed by atoms with van der Waals surface area (Å²) in [5.74, 6) is -2.38. The summed E-state index contributed by atoms with van der Waals surface area (Å²) in [6.45, 7) is 1.44. The average Bonchev–Trinajstić information content (AvgIpc) is 2.59. The van der Waals surface area contributed by atoms with Gasteiger partial charge in [0.15, 0.2) is 5.78 Å². The number of alkyl carbamates (subject to hydrolysis) is 1. The van der Waals surface area contributed by atoms with Crippen molar-refractivity contribution in [2.24, 2.45) is 0 Å². The number of ketones is 1. The first-order valence-corrected chi connectivity index (χ1v) is 8.53. The summed E-state index contributed by atoms with van der Waals surface area (Å²) in [6.07, 6.45) is -1.34. The minimum Gasteiger partial charge on any atom is -0.481 e. The molecule has 0 radical (unpaired) electrons. The van der Waals surface area contributed by atoms with E-state index in [-0.39, 0.29) is 11.9 Å². The van der Waals surface area contributed by atoms with Gasteiger partial charge < -0.3 is 20.5 Å². The van der Waals surface area contributed by atoms with Crippen molar-refractivity contribution < 1.29 is 29.0 Å². The van der Waals surface area contributed by atoms with E-state index in [4.69, 9.17) is 9.84 Å². The predicted molar refractivity (Wildman–Crippen MR) is 92.2 cm³/mol. The number of carboxylic acids is 1. The number of halogens is 1. The Bertz CT molecular complexity index is 622. The van der Waals surface area contributed by atoms with Crippen molar-refractivity contribution >= 4 is 39.7 Å². The highest BCUT2D eigenvalue weighted by Crippen LogP contribution is 2.02. The summed E-state index contributed by atoms with van der Waals surface area (Å²) in [6, 6.07) is 6.83. The Hall–Kier alpha value is -2.42. The molecule has 2 amide bonds. The van der Waals surface area contributed by atoms with Crippen LogP contribution in [0.15, 0.2) is 30.3 Å². The molecule has 0 fully saturated rings. The first kappa shape index (κ1) is 20.6. The summed E-state index contributed by atoms with van der Waals surface area (Å²) in [5.41, 5.74) is 0.791. The topological polar surface area (TPSA) is 122 Å². The van der Waals surface area contributed by atoms with Crippen molar-refractivity contribution in [1.29, 1.82) is 0 Å². The Balaban J connectivity index is 2.49. The van der Waals surface area contributed by atoms with Crippen LogP contribution in [0.25, 0.3) is 0 Å². The molecule has 0 aliphatic carbocycles. The van der Waals surface area contributed by atoms with Gasteiger partial charge in [-0.25, -0.2) is 4.79 Å². The maximum Gasteiger partial charge on any atom is 0.408 e. The maximum absolute atomic E-state index is 12.0. The van der Waals surface area contributed by atoms with Crippen LogP contribution in [0.4, 0.5) is 4.79 Å². The second kappa shape index (κ2) is 10.4. The summed E-state index contributed by atoms with van der Waals surface area (Å²) >= 11 is 2.93. The number of ether oxygens (including phenoxy) is 1. The van der Waals surface area contributed by atoms with Gasteiger partial charge in [-0.1, -0.05) is 46.3 Å². The van der Waals surface area contributed by atoms with E-state index in [2.05, 4.69) is 26.6 Å². The van der Waals surface area contributed by atoms with E-state index in [9.17, 15) is 19.2 Å². The number of amides is 2. The second-order valence-electron chi connectivity index (χ2n) is 5.19. The van der Waals surface area contributed by atoms with E-state index in [1.165, 1.54) is 6.92 Å². The first-order chi connectivity index (χ1) is 11.8. The smallest absolute Gasteiger partial charge is 0.408 e. The fourth-order valence-corrected chi connectivity index (χ4v) is 2.21. The lowest BCUT2D eigenvalue weighted by Gasteiger charge is -2.19. The highest BCUT2D eigenvalue weighted by molar-refractivity contribution is 9.09. The Morgan fingerprint density at radius 1 is 1.16 bits per heavy atom. The van der Waals surface area contributed by atoms with E-state index in [0.29, 0.717) is 0 Å². The minimum atomic E-state index is -1.22. The van der Waals surface area contributed by atoms with Crippen molar-refractivity contribution in [2.75, 3.05) is 5.33 Å². The minimum absolute atomic E-state index is 0.0464. The molecule has 0 aliphatic rings. The fraction of sp³-hybridized carbons (Fsp3) is 0.375. The molecule has 1 rings (SSSR count). The van der Waals surface area contributed by atoms with Crippen LogP contribution in [0, 0.1) is 0 Å². The standard InChI is InChI=1S/C16H19BrN2O6/c1-10(15(23)19-12(7-14(21)22)13(20)8-17)18-16(24)25-9-11-5-3-2-4-6-11/h2-6,10,12H,7-9H2,1H3,(H,18,24)(H,19,23)(H,21,22)/t10-,12-/m0/s1. The van der Waals surface area contributed by atoms with E-state index in [0.717, 1.165) is 5.56 Å². The third-order valence-electron chi connectivity index (χ3n) is 3.16. The lowest BCUT2D eigenvalue weighted by molar-refractivity contribution is -0.140. The molecule has 136 valence electrons. The first-order valence-electron chi connectivity index (χ1n) is 7.41. The number of carbonyl (C=O) groups excluding carboxylic acids is 3. The third-order valence-corrected chi connectivity index (χ3v) is 3.71. The quantitative estimate of drug-likeness (QED) is 0.522. The summed E-state index contributed by atoms with van der Waals surface area (Å²) in [7, 11) is 0. The molecule has 0 unspecified atom stereocenters. The number of nitrogens with one attached hydrogen (secondary N) is 2. The predicted octanol–water partition coefficient (Wildman–Crippen LogP) is 1.22. The second-order valence-corrected chi connectivity index (χ2v) is 5.75. The summed E-state index contributed by atoms with van der Waals surface area (Å²) in [4.78, 5) is 46.1. The largest absolute Gasteiger partial charge is 0.481 e. The Morgan fingerprint density at radius 3 is 2.36 bits per heavy atom. The molecule has 9 heteroatoms. The highest BCUT2D eigenvalue weighted by atomic mass is 79.9. The highest BCUT2D eigenvalue weighted by Gasteiger charge is 2.25. The van der Waals surface area contributed by atoms with E-state index >= 15 is 0 Å². The zero-order chi connectivity index (χ0) is 18.8. The normalized spacial score (nSPS) is 12.6. The molecule has 8 nitrogen and oxygen atoms in total. The van der Waals surface area contributed by atoms with Crippen molar-refractivity contribution in [2.45, 2.75) is 32.0 Å². The lowest BCUT2D eigenvalue weighted by Crippen LogP contribution is -2.51. The van der Waals surface area contributed by atoms with Gasteiger partial charge in [-0.3, -0.25) is 14.4 Å². The van der Waals surface area contributed by atoms with Crippen LogP contribution in [0.3, 0.4) is 0 Å². The number of alkyl halides is 1. The van der Waals surface area contributed by atoms with Gasteiger partial charge in [-0.2, -0.15) is 0 Å². The fourth-order valence-electron chi connectivity index (χ4n) is 1.82. The number of hydrogen-bond donors (Lipinski definition) is 3. The van der Waals surface area contributed by atoms with Gasteiger partial charge in [0.1, 0.15) is 12.6 Å². The van der Waals surface area contributed by atoms with Gasteiger partial charge in [0.25, 0.3) is 0 Å². The van der Waals surface area contributed by atoms with E-state index < -0.39 is 42.3 Å². The van der Waals surface area contributed by atoms with Crippen molar-refractivity contribution in [1.82, 2.24) is 10.6 Å². The Morgan fingerprint density at radius 2 is 1.80 bits per heavy atom. The molecule has 1 aromatic carbocycles. The number of benzene rings is 1. The molecule has 0 aromatic heterocycles. The summed E-state index contributed by atoms with van der Waals surface area (Å²) < 4.78 is 4.99. The molecule has 0 bridgehead atoms. The molecule has 25 heavy (non-hydrogen) atoms. The van der Waals surface area contributed by atoms with Gasteiger partial charge in [-0.15, -0.1) is 0 Å². The zero-order valence-electron chi connectivity index (χ0n) is 13.5. The molecular formula is C16H19BrN2O6. The number of rotatable bonds is 9. The molecule has 0 saturated heterocycles. The van der Waals surface area contributed by atoms with Crippen LogP contribution in [-0.2, 0) is 25.7 Å². The zero-order valence-corrected chi connectivity index (χ0v) is 15.1. The molecule has 0 heterocycles. The van der Waals surface area contributed by atoms with Crippen LogP contribution in [-0.4, -0.2) is 46.3 Å². The van der Waals surface area contributed by atoms with Gasteiger partial charge in [-0.05, 0) is 12.5 Å². The average molecular weight is 415 g/mol. The third kappa shape index (κ3) is 7.79. The summed E-state index contributed by atoms with van der Waals surface area (Å²) in [5, 5.41) is 13.3. The van der Waals surface area contributed by atoms with Crippen LogP contribution in [0.5, 0.6) is 0 Å². The van der Waals surface area contributed by atoms with E-state index in [1.807, 2.05) is 6.07 Å². The number of aliphatic carboxylic acids is 1. The molecule has 1 aromatic rings. The van der Waals surface area contributed by atoms with Gasteiger partial charge in [0.05, 0.1) is 17.8 Å². The van der Waals surface area contributed by atoms with Crippen molar-refractivity contribution in [3.63, 3.8) is 0 Å². The molecule has 0 saturated carbocycles. The maximum atomic E-state index is 12.0. The monoisotopic (exact) mass is 414 g/mol. The Kier molecular flexibility index (Phi) is 8.62. The van der Waals surface area contributed by atoms with Crippen LogP contribution in [0.1, 0.15) is 18.9 Å². The van der Waals surface area contributed by atoms with E-state index in [1.54, 1.807) is 24.3 Å². The molecule has 3 N–H and O–H groups in total. The number of Topliss-reactive ketones (excluding diaryl/α,β-unsaturated/α-hetero) is 1. The molecule has 2 atom stereocenters. The molecule has 0 spiro atoms. The Labute approximate surface area is 153 Å². The van der Waals surface area contributed by atoms with Gasteiger partial charge in [0.2, 0.25) is 5.91 Å². The number of hydrogen-bond acceptors (Lipinski definition) is 5. The number of carbonyl (C=O) groups is 4. The number of carboxylic acid groups (broad SMARTS) is 1. The van der Waals surface area contributed by atoms with Crippen molar-refractivity contribution in [3.05, 3.63) is 35.9 Å². The lowest BCUT2D eigenvalue weighted by atomic mass is 10.1. The van der Waals surface area contributed by atoms with Crippen molar-refractivity contribution in [3.8, 4) is 0 Å². The molecule has 0 aliphatic heterocycles. The van der Waals surface area contributed by atoms with Gasteiger partial charge in [0, 0.05) is 0 Å². The van der Waals surface area contributed by atoms with Crippen LogP contribution < -0.4 is 10.6 Å². The van der Waals surface area contributed by atoms with Gasteiger partial charge >= 0.3 is 12.1 Å². The van der Waals surface area contributed by atoms with Crippen LogP contribution in [0.2, 0.25) is 0 Å². The molecular weight excluding hydrogens is 396 g/mol.